The molecule has 1 atom stereocenters. The lowest BCUT2D eigenvalue weighted by Crippen LogP contribution is -2.54. The second kappa shape index (κ2) is 3.11. The van der Waals surface area contributed by atoms with Crippen molar-refractivity contribution < 1.29 is 14.6 Å². The molecule has 1 saturated carbocycles. The first-order valence-electron chi connectivity index (χ1n) is 5.45. The van der Waals surface area contributed by atoms with E-state index in [9.17, 15) is 4.79 Å². The van der Waals surface area contributed by atoms with Gasteiger partial charge in [-0.2, -0.15) is 0 Å². The lowest BCUT2D eigenvalue weighted by molar-refractivity contribution is -0.0111. The molecule has 0 radical (unpaired) electrons. The zero-order chi connectivity index (χ0) is 11.3. The molecule has 1 heterocycles. The first-order valence-corrected chi connectivity index (χ1v) is 5.45. The van der Waals surface area contributed by atoms with Crippen LogP contribution in [-0.2, 0) is 4.74 Å². The van der Waals surface area contributed by atoms with Gasteiger partial charge in [0.2, 0.25) is 0 Å². The minimum atomic E-state index is -0.417. The summed E-state index contributed by atoms with van der Waals surface area (Å²) in [7, 11) is 0. The van der Waals surface area contributed by atoms with Crippen LogP contribution in [0, 0.1) is 11.3 Å². The van der Waals surface area contributed by atoms with E-state index < -0.39 is 5.60 Å². The predicted octanol–water partition coefficient (Wildman–Crippen LogP) is 1.24. The summed E-state index contributed by atoms with van der Waals surface area (Å²) in [6.07, 6.45) is 0.833. The van der Waals surface area contributed by atoms with Gasteiger partial charge in [-0.1, -0.05) is 0 Å². The van der Waals surface area contributed by atoms with Crippen LogP contribution in [0.15, 0.2) is 0 Å². The number of ether oxygens (including phenoxy) is 1. The maximum absolute atomic E-state index is 11.6. The topological polar surface area (TPSA) is 49.8 Å². The molecule has 86 valence electrons. The van der Waals surface area contributed by atoms with Gasteiger partial charge in [-0.25, -0.2) is 4.79 Å². The van der Waals surface area contributed by atoms with Crippen molar-refractivity contribution in [1.82, 2.24) is 4.90 Å². The average Bonchev–Trinajstić information content (AvgIpc) is 2.71. The molecule has 2 rings (SSSR count). The number of hydrogen-bond acceptors (Lipinski definition) is 3. The second-order valence-corrected chi connectivity index (χ2v) is 5.78. The Bertz CT molecular complexity index is 276. The van der Waals surface area contributed by atoms with Crippen LogP contribution >= 0.6 is 0 Å². The molecule has 1 aliphatic heterocycles. The Hall–Kier alpha value is -0.770. The number of carbonyl (C=O) groups is 1. The fourth-order valence-electron chi connectivity index (χ4n) is 2.25. The lowest BCUT2D eigenvalue weighted by Gasteiger charge is -2.41. The molecule has 4 heteroatoms. The van der Waals surface area contributed by atoms with Crippen molar-refractivity contribution in [3.05, 3.63) is 0 Å². The van der Waals surface area contributed by atoms with Crippen LogP contribution in [0.1, 0.15) is 27.2 Å². The summed E-state index contributed by atoms with van der Waals surface area (Å²) in [5, 5.41) is 8.98. The molecule has 2 fully saturated rings. The van der Waals surface area contributed by atoms with Crippen LogP contribution in [0.4, 0.5) is 4.79 Å². The summed E-state index contributed by atoms with van der Waals surface area (Å²) in [6.45, 7) is 7.37. The van der Waals surface area contributed by atoms with Gasteiger partial charge in [-0.05, 0) is 33.1 Å². The molecule has 4 nitrogen and oxygen atoms in total. The Morgan fingerprint density at radius 2 is 2.13 bits per heavy atom. The fourth-order valence-corrected chi connectivity index (χ4v) is 2.25. The molecular formula is C11H19NO3. The van der Waals surface area contributed by atoms with Crippen molar-refractivity contribution >= 4 is 6.09 Å². The Morgan fingerprint density at radius 3 is 2.53 bits per heavy atom. The highest BCUT2D eigenvalue weighted by Gasteiger charge is 2.62. The van der Waals surface area contributed by atoms with Crippen LogP contribution in [0.2, 0.25) is 0 Å². The zero-order valence-electron chi connectivity index (χ0n) is 9.62. The lowest BCUT2D eigenvalue weighted by atomic mass is 9.94. The van der Waals surface area contributed by atoms with E-state index in [-0.39, 0.29) is 18.1 Å². The predicted molar refractivity (Wildman–Crippen MR) is 55.4 cm³/mol. The van der Waals surface area contributed by atoms with E-state index >= 15 is 0 Å². The standard InChI is InChI=1S/C11H19NO3/c1-10(2,3)15-9(14)12-6-11(7-12)4-8(11)5-13/h8,13H,4-7H2,1-3H3/t8-/m1/s1. The molecule has 15 heavy (non-hydrogen) atoms. The third-order valence-corrected chi connectivity index (χ3v) is 3.24. The minimum absolute atomic E-state index is 0.225. The smallest absolute Gasteiger partial charge is 0.410 e. The largest absolute Gasteiger partial charge is 0.444 e. The number of nitrogens with zero attached hydrogens (tertiary/aromatic N) is 1. The monoisotopic (exact) mass is 213 g/mol. The van der Waals surface area contributed by atoms with E-state index in [1.165, 1.54) is 0 Å². The Kier molecular flexibility index (Phi) is 2.23. The van der Waals surface area contributed by atoms with E-state index in [0.717, 1.165) is 19.5 Å². The summed E-state index contributed by atoms with van der Waals surface area (Å²) in [5.74, 6) is 0.413. The Balaban J connectivity index is 1.78. The van der Waals surface area contributed by atoms with Crippen molar-refractivity contribution in [2.75, 3.05) is 19.7 Å². The summed E-state index contributed by atoms with van der Waals surface area (Å²) in [5.41, 5.74) is -0.175. The van der Waals surface area contributed by atoms with E-state index in [2.05, 4.69) is 0 Å². The van der Waals surface area contributed by atoms with Crippen LogP contribution < -0.4 is 0 Å². The van der Waals surface area contributed by atoms with Gasteiger partial charge in [0, 0.05) is 25.1 Å². The molecule has 1 N–H and O–H groups in total. The minimum Gasteiger partial charge on any atom is -0.444 e. The van der Waals surface area contributed by atoms with Crippen LogP contribution in [0.5, 0.6) is 0 Å². The van der Waals surface area contributed by atoms with Gasteiger partial charge in [-0.15, -0.1) is 0 Å². The normalized spacial score (nSPS) is 27.5. The van der Waals surface area contributed by atoms with Crippen molar-refractivity contribution in [2.24, 2.45) is 11.3 Å². The number of aliphatic hydroxyl groups excluding tert-OH is 1. The van der Waals surface area contributed by atoms with Gasteiger partial charge in [0.15, 0.2) is 0 Å². The highest BCUT2D eigenvalue weighted by Crippen LogP contribution is 2.58. The third-order valence-electron chi connectivity index (χ3n) is 3.24. The SMILES string of the molecule is CC(C)(C)OC(=O)N1CC2(C[C@@H]2CO)C1. The van der Waals surface area contributed by atoms with Gasteiger partial charge in [-0.3, -0.25) is 0 Å². The summed E-state index contributed by atoms with van der Waals surface area (Å²) in [6, 6.07) is 0. The summed E-state index contributed by atoms with van der Waals surface area (Å²) >= 11 is 0. The van der Waals surface area contributed by atoms with Gasteiger partial charge >= 0.3 is 6.09 Å². The van der Waals surface area contributed by atoms with E-state index in [4.69, 9.17) is 9.84 Å². The molecule has 0 unspecified atom stereocenters. The molecule has 1 amide bonds. The van der Waals surface area contributed by atoms with Gasteiger partial charge in [0.1, 0.15) is 5.60 Å². The molecule has 0 bridgehead atoms. The van der Waals surface area contributed by atoms with Crippen LogP contribution in [-0.4, -0.2) is 41.4 Å². The molecule has 1 saturated heterocycles. The second-order valence-electron chi connectivity index (χ2n) is 5.78. The van der Waals surface area contributed by atoms with Crippen molar-refractivity contribution in [3.63, 3.8) is 0 Å². The van der Waals surface area contributed by atoms with Gasteiger partial charge in [0.05, 0.1) is 0 Å². The van der Waals surface area contributed by atoms with Gasteiger partial charge in [0.25, 0.3) is 0 Å². The summed E-state index contributed by atoms with van der Waals surface area (Å²) < 4.78 is 5.26. The van der Waals surface area contributed by atoms with E-state index in [1.54, 1.807) is 4.90 Å². The summed E-state index contributed by atoms with van der Waals surface area (Å²) in [4.78, 5) is 13.3. The molecule has 2 aliphatic rings. The van der Waals surface area contributed by atoms with Gasteiger partial charge < -0.3 is 14.7 Å². The Morgan fingerprint density at radius 1 is 1.53 bits per heavy atom. The maximum atomic E-state index is 11.6. The number of likely N-dealkylation sites (tertiary alicyclic amines) is 1. The van der Waals surface area contributed by atoms with Crippen LogP contribution in [0.25, 0.3) is 0 Å². The Labute approximate surface area is 90.2 Å². The first kappa shape index (κ1) is 10.7. The van der Waals surface area contributed by atoms with Crippen molar-refractivity contribution in [3.8, 4) is 0 Å². The number of rotatable bonds is 1. The van der Waals surface area contributed by atoms with Crippen molar-refractivity contribution in [1.29, 1.82) is 0 Å². The quantitative estimate of drug-likeness (QED) is 0.713. The molecule has 0 aromatic carbocycles. The number of amides is 1. The van der Waals surface area contributed by atoms with E-state index in [1.807, 2.05) is 20.8 Å². The van der Waals surface area contributed by atoms with E-state index in [0.29, 0.717) is 5.92 Å². The molecule has 0 aromatic heterocycles. The first-order chi connectivity index (χ1) is 6.86. The molecule has 1 aliphatic carbocycles. The number of carbonyl (C=O) groups excluding carboxylic acids is 1. The zero-order valence-corrected chi connectivity index (χ0v) is 9.62. The third kappa shape index (κ3) is 1.95. The average molecular weight is 213 g/mol. The molecule has 1 spiro atoms. The van der Waals surface area contributed by atoms with Crippen LogP contribution in [0.3, 0.4) is 0 Å². The number of aliphatic hydroxyl groups is 1. The van der Waals surface area contributed by atoms with Crippen molar-refractivity contribution in [2.45, 2.75) is 32.8 Å². The highest BCUT2D eigenvalue weighted by atomic mass is 16.6. The highest BCUT2D eigenvalue weighted by molar-refractivity contribution is 5.69. The molecule has 0 aromatic rings. The maximum Gasteiger partial charge on any atom is 0.410 e. The fraction of sp³-hybridized carbons (Fsp3) is 0.909. The number of hydrogen-bond donors (Lipinski definition) is 1. The molecular weight excluding hydrogens is 194 g/mol.